The molecule has 0 saturated heterocycles. The first kappa shape index (κ1) is 18.5. The number of ketones is 2. The number of nitrogens with zero attached hydrogens (tertiary/aromatic N) is 1. The Morgan fingerprint density at radius 2 is 2.00 bits per heavy atom. The molecule has 0 aliphatic heterocycles. The van der Waals surface area contributed by atoms with Gasteiger partial charge in [-0.05, 0) is 38.9 Å². The summed E-state index contributed by atoms with van der Waals surface area (Å²) in [7, 11) is 3.22. The first-order chi connectivity index (χ1) is 13.1. The molecule has 0 aromatic carbocycles. The Kier molecular flexibility index (Phi) is 3.82. The molecule has 3 aliphatic rings. The van der Waals surface area contributed by atoms with E-state index in [1.165, 1.54) is 0 Å². The van der Waals surface area contributed by atoms with E-state index in [9.17, 15) is 29.7 Å². The van der Waals surface area contributed by atoms with Crippen LogP contribution in [0.25, 0.3) is 0 Å². The van der Waals surface area contributed by atoms with Gasteiger partial charge < -0.3 is 26.0 Å². The van der Waals surface area contributed by atoms with Gasteiger partial charge in [-0.1, -0.05) is 0 Å². The number of nitrogens with two attached hydrogens (primary N) is 1. The van der Waals surface area contributed by atoms with Gasteiger partial charge >= 0.3 is 0 Å². The van der Waals surface area contributed by atoms with Crippen LogP contribution in [0.4, 0.5) is 0 Å². The van der Waals surface area contributed by atoms with Crippen molar-refractivity contribution in [3.63, 3.8) is 0 Å². The maximum atomic E-state index is 13.0. The fourth-order valence-corrected chi connectivity index (χ4v) is 4.95. The number of rotatable bonds is 2. The summed E-state index contributed by atoms with van der Waals surface area (Å²) in [6.45, 7) is 0. The number of hydrogen-bond acceptors (Lipinski definition) is 7. The molecule has 1 aromatic rings. The van der Waals surface area contributed by atoms with Crippen molar-refractivity contribution in [2.45, 2.75) is 24.5 Å². The van der Waals surface area contributed by atoms with Gasteiger partial charge in [0.05, 0.1) is 6.04 Å². The second-order valence-electron chi connectivity index (χ2n) is 7.83. The van der Waals surface area contributed by atoms with Crippen molar-refractivity contribution in [3.8, 4) is 0 Å². The number of aromatic nitrogens is 1. The third-order valence-corrected chi connectivity index (χ3v) is 6.17. The fraction of sp³-hybridized carbons (Fsp3) is 0.421. The Hall–Kier alpha value is -2.91. The molecular weight excluding hydrogens is 366 g/mol. The summed E-state index contributed by atoms with van der Waals surface area (Å²) >= 11 is 0. The minimum absolute atomic E-state index is 0.0260. The van der Waals surface area contributed by atoms with E-state index in [-0.39, 0.29) is 12.0 Å². The van der Waals surface area contributed by atoms with Crippen LogP contribution in [-0.4, -0.2) is 68.4 Å². The molecule has 0 bridgehead atoms. The van der Waals surface area contributed by atoms with Gasteiger partial charge in [0.1, 0.15) is 17.1 Å². The number of amides is 1. The van der Waals surface area contributed by atoms with E-state index in [2.05, 4.69) is 4.98 Å². The molecule has 1 amide bonds. The number of primary amides is 1. The zero-order chi connectivity index (χ0) is 20.5. The molecule has 6 N–H and O–H groups in total. The maximum Gasteiger partial charge on any atom is 0.255 e. The second kappa shape index (κ2) is 5.79. The number of aromatic amines is 1. The standard InChI is InChI=1S/C19H21N3O6/c1-22(2)13-9-5-7-6-10-8(3-4-21-10)14(23)11(7)16(25)19(9,28)17(26)12(15(13)24)18(20)27/h3-4,7,9,13,21,24-25,28H,5-6H2,1-2H3,(H2,20,27)/t7-,9+,13+,19+/m1/s1. The largest absolute Gasteiger partial charge is 0.510 e. The number of carbonyl (C=O) groups is 3. The molecule has 9 heteroatoms. The predicted molar refractivity (Wildman–Crippen MR) is 96.4 cm³/mol. The van der Waals surface area contributed by atoms with E-state index in [4.69, 9.17) is 5.73 Å². The van der Waals surface area contributed by atoms with Crippen LogP contribution in [0, 0.1) is 11.8 Å². The van der Waals surface area contributed by atoms with Crippen molar-refractivity contribution in [2.24, 2.45) is 17.6 Å². The minimum Gasteiger partial charge on any atom is -0.510 e. The van der Waals surface area contributed by atoms with Crippen LogP contribution in [0.5, 0.6) is 0 Å². The molecule has 4 atom stereocenters. The summed E-state index contributed by atoms with van der Waals surface area (Å²) in [5.74, 6) is -5.55. The van der Waals surface area contributed by atoms with Gasteiger partial charge in [-0.25, -0.2) is 0 Å². The molecule has 0 radical (unpaired) electrons. The van der Waals surface area contributed by atoms with E-state index in [0.717, 1.165) is 5.69 Å². The van der Waals surface area contributed by atoms with Crippen molar-refractivity contribution in [1.29, 1.82) is 0 Å². The summed E-state index contributed by atoms with van der Waals surface area (Å²) < 4.78 is 0. The topological polar surface area (TPSA) is 157 Å². The van der Waals surface area contributed by atoms with E-state index in [1.54, 1.807) is 31.3 Å². The number of nitrogens with one attached hydrogen (secondary N) is 1. The average molecular weight is 387 g/mol. The lowest BCUT2D eigenvalue weighted by molar-refractivity contribution is -0.148. The van der Waals surface area contributed by atoms with Crippen LogP contribution in [-0.2, 0) is 16.0 Å². The zero-order valence-electron chi connectivity index (χ0n) is 15.4. The van der Waals surface area contributed by atoms with Crippen LogP contribution in [0.3, 0.4) is 0 Å². The number of carbonyl (C=O) groups excluding carboxylic acids is 3. The van der Waals surface area contributed by atoms with Gasteiger partial charge in [-0.15, -0.1) is 0 Å². The number of allylic oxidation sites excluding steroid dienone is 1. The molecule has 0 unspecified atom stereocenters. The molecule has 0 fully saturated rings. The number of fused-ring (bicyclic) bond motifs is 3. The van der Waals surface area contributed by atoms with E-state index >= 15 is 0 Å². The van der Waals surface area contributed by atoms with Crippen molar-refractivity contribution < 1.29 is 29.7 Å². The molecule has 9 nitrogen and oxygen atoms in total. The van der Waals surface area contributed by atoms with Crippen molar-refractivity contribution in [2.75, 3.05) is 14.1 Å². The molecule has 1 heterocycles. The first-order valence-electron chi connectivity index (χ1n) is 8.91. The van der Waals surface area contributed by atoms with Crippen molar-refractivity contribution in [3.05, 3.63) is 46.2 Å². The highest BCUT2D eigenvalue weighted by Crippen LogP contribution is 2.51. The molecule has 1 aromatic heterocycles. The normalized spacial score (nSPS) is 32.4. The van der Waals surface area contributed by atoms with Crippen LogP contribution < -0.4 is 5.73 Å². The zero-order valence-corrected chi connectivity index (χ0v) is 15.4. The SMILES string of the molecule is CN(C)[C@@H]1C(O)=C(C(N)=O)C(=O)[C@@]2(O)C(O)=C3C(=O)c4cc[nH]c4C[C@H]3C[C@@H]12. The van der Waals surface area contributed by atoms with Crippen molar-refractivity contribution in [1.82, 2.24) is 9.88 Å². The van der Waals surface area contributed by atoms with E-state index in [1.807, 2.05) is 0 Å². The van der Waals surface area contributed by atoms with Crippen LogP contribution in [0.2, 0.25) is 0 Å². The lowest BCUT2D eigenvalue weighted by Gasteiger charge is -2.49. The molecule has 3 aliphatic carbocycles. The number of hydrogen-bond donors (Lipinski definition) is 5. The summed E-state index contributed by atoms with van der Waals surface area (Å²) in [4.78, 5) is 42.3. The average Bonchev–Trinajstić information content (AvgIpc) is 3.06. The number of likely N-dealkylation sites (N-methyl/N-ethyl adjacent to an activating group) is 1. The third kappa shape index (κ3) is 2.11. The number of aliphatic hydroxyl groups is 3. The summed E-state index contributed by atoms with van der Waals surface area (Å²) in [6, 6.07) is 0.643. The Labute approximate surface area is 160 Å². The first-order valence-corrected chi connectivity index (χ1v) is 8.91. The Bertz CT molecular complexity index is 988. The highest BCUT2D eigenvalue weighted by Gasteiger charge is 2.63. The van der Waals surface area contributed by atoms with Crippen LogP contribution in [0.1, 0.15) is 22.5 Å². The van der Waals surface area contributed by atoms with Gasteiger partial charge in [0, 0.05) is 28.9 Å². The van der Waals surface area contributed by atoms with Gasteiger partial charge in [-0.3, -0.25) is 19.3 Å². The smallest absolute Gasteiger partial charge is 0.255 e. The highest BCUT2D eigenvalue weighted by molar-refractivity contribution is 6.24. The second-order valence-corrected chi connectivity index (χ2v) is 7.83. The number of aliphatic hydroxyl groups excluding tert-OH is 2. The maximum absolute atomic E-state index is 13.0. The minimum atomic E-state index is -2.51. The molecule has 148 valence electrons. The number of H-pyrrole nitrogens is 1. The molecule has 28 heavy (non-hydrogen) atoms. The molecular formula is C19H21N3O6. The van der Waals surface area contributed by atoms with E-state index in [0.29, 0.717) is 12.0 Å². The fourth-order valence-electron chi connectivity index (χ4n) is 4.95. The van der Waals surface area contributed by atoms with Crippen molar-refractivity contribution >= 4 is 17.5 Å². The molecule has 4 rings (SSSR count). The van der Waals surface area contributed by atoms with Gasteiger partial charge in [0.2, 0.25) is 5.78 Å². The van der Waals surface area contributed by atoms with E-state index < -0.39 is 58.0 Å². The Morgan fingerprint density at radius 3 is 2.61 bits per heavy atom. The van der Waals surface area contributed by atoms with Crippen LogP contribution >= 0.6 is 0 Å². The Balaban J connectivity index is 1.96. The predicted octanol–water partition coefficient (Wildman–Crippen LogP) is -0.257. The monoisotopic (exact) mass is 387 g/mol. The molecule has 0 spiro atoms. The van der Waals surface area contributed by atoms with Gasteiger partial charge in [0.15, 0.2) is 11.4 Å². The molecule has 0 saturated carbocycles. The van der Waals surface area contributed by atoms with Crippen LogP contribution in [0.15, 0.2) is 34.9 Å². The highest BCUT2D eigenvalue weighted by atomic mass is 16.3. The third-order valence-electron chi connectivity index (χ3n) is 6.17. The van der Waals surface area contributed by atoms with Gasteiger partial charge in [-0.2, -0.15) is 0 Å². The summed E-state index contributed by atoms with van der Waals surface area (Å²) in [5, 5.41) is 32.9. The number of Topliss-reactive ketones (excluding diaryl/α,β-unsaturated/α-hetero) is 2. The lowest BCUT2D eigenvalue weighted by Crippen LogP contribution is -2.63. The summed E-state index contributed by atoms with van der Waals surface area (Å²) in [6.07, 6.45) is 2.19. The summed E-state index contributed by atoms with van der Waals surface area (Å²) in [5.41, 5.74) is 3.07. The lowest BCUT2D eigenvalue weighted by atomic mass is 9.59. The Morgan fingerprint density at radius 1 is 1.32 bits per heavy atom. The quantitative estimate of drug-likeness (QED) is 0.438. The van der Waals surface area contributed by atoms with Gasteiger partial charge in [0.25, 0.3) is 5.91 Å².